The van der Waals surface area contributed by atoms with E-state index >= 15 is 0 Å². The van der Waals surface area contributed by atoms with Crippen molar-refractivity contribution in [1.29, 1.82) is 0 Å². The fourth-order valence-corrected chi connectivity index (χ4v) is 3.46. The molecule has 0 unspecified atom stereocenters. The Kier molecular flexibility index (Phi) is 3.60. The van der Waals surface area contributed by atoms with Gasteiger partial charge in [0.1, 0.15) is 11.4 Å². The lowest BCUT2D eigenvalue weighted by Gasteiger charge is -2.21. The summed E-state index contributed by atoms with van der Waals surface area (Å²) in [7, 11) is 1.59. The molecule has 4 amide bonds. The molecule has 1 aromatic carbocycles. The number of carbonyl (C=O) groups excluding carboxylic acids is 3. The van der Waals surface area contributed by atoms with Crippen molar-refractivity contribution in [2.45, 2.75) is 12.5 Å². The molecule has 0 bridgehead atoms. The predicted octanol–water partition coefficient (Wildman–Crippen LogP) is 0.943. The van der Waals surface area contributed by atoms with Crippen LogP contribution in [0.5, 0.6) is 5.75 Å². The van der Waals surface area contributed by atoms with Gasteiger partial charge in [0.25, 0.3) is 5.91 Å². The van der Waals surface area contributed by atoms with Gasteiger partial charge >= 0.3 is 6.03 Å². The zero-order valence-electron chi connectivity index (χ0n) is 13.7. The SMILES string of the molecule is COc1ccc2cc(C(=O)N3CC[C@@H](N4C(=O)CNC4=O)C3)[nH]c2c1. The molecule has 25 heavy (non-hydrogen) atoms. The maximum atomic E-state index is 12.8. The quantitative estimate of drug-likeness (QED) is 0.812. The summed E-state index contributed by atoms with van der Waals surface area (Å²) < 4.78 is 5.19. The highest BCUT2D eigenvalue weighted by molar-refractivity contribution is 6.02. The molecule has 2 aliphatic rings. The average molecular weight is 342 g/mol. The lowest BCUT2D eigenvalue weighted by atomic mass is 10.2. The van der Waals surface area contributed by atoms with Gasteiger partial charge in [0.15, 0.2) is 0 Å². The highest BCUT2D eigenvalue weighted by atomic mass is 16.5. The Bertz CT molecular complexity index is 859. The van der Waals surface area contributed by atoms with Crippen LogP contribution in [0.4, 0.5) is 4.79 Å². The van der Waals surface area contributed by atoms with Gasteiger partial charge in [-0.25, -0.2) is 4.79 Å². The van der Waals surface area contributed by atoms with Crippen LogP contribution in [-0.4, -0.2) is 65.4 Å². The molecule has 2 aromatic rings. The molecule has 0 radical (unpaired) electrons. The summed E-state index contributed by atoms with van der Waals surface area (Å²) in [5.41, 5.74) is 1.31. The number of rotatable bonds is 3. The van der Waals surface area contributed by atoms with Crippen LogP contribution in [0, 0.1) is 0 Å². The first-order valence-electron chi connectivity index (χ1n) is 8.13. The summed E-state index contributed by atoms with van der Waals surface area (Å²) in [5.74, 6) is 0.347. The van der Waals surface area contributed by atoms with E-state index in [1.54, 1.807) is 18.1 Å². The number of methoxy groups -OCH3 is 1. The fourth-order valence-electron chi connectivity index (χ4n) is 3.46. The van der Waals surface area contributed by atoms with Crippen LogP contribution >= 0.6 is 0 Å². The first-order valence-corrected chi connectivity index (χ1v) is 8.13. The molecule has 8 heteroatoms. The van der Waals surface area contributed by atoms with E-state index in [4.69, 9.17) is 4.74 Å². The van der Waals surface area contributed by atoms with Crippen LogP contribution in [0.1, 0.15) is 16.9 Å². The Balaban J connectivity index is 1.52. The van der Waals surface area contributed by atoms with Gasteiger partial charge in [-0.1, -0.05) is 0 Å². The summed E-state index contributed by atoms with van der Waals surface area (Å²) in [6.45, 7) is 0.906. The third kappa shape index (κ3) is 2.59. The van der Waals surface area contributed by atoms with E-state index in [-0.39, 0.29) is 30.4 Å². The minimum absolute atomic E-state index is 0.0349. The van der Waals surface area contributed by atoms with E-state index in [2.05, 4.69) is 10.3 Å². The minimum atomic E-state index is -0.373. The Labute approximate surface area is 143 Å². The first-order chi connectivity index (χ1) is 12.1. The topological polar surface area (TPSA) is 94.7 Å². The van der Waals surface area contributed by atoms with Gasteiger partial charge in [-0.05, 0) is 24.6 Å². The molecule has 2 fully saturated rings. The van der Waals surface area contributed by atoms with E-state index in [1.165, 1.54) is 4.90 Å². The highest BCUT2D eigenvalue weighted by Gasteiger charge is 2.39. The molecule has 3 heterocycles. The minimum Gasteiger partial charge on any atom is -0.497 e. The van der Waals surface area contributed by atoms with E-state index < -0.39 is 0 Å². The summed E-state index contributed by atoms with van der Waals surface area (Å²) >= 11 is 0. The van der Waals surface area contributed by atoms with Crippen molar-refractivity contribution in [1.82, 2.24) is 20.1 Å². The number of aromatic nitrogens is 1. The molecule has 0 spiro atoms. The van der Waals surface area contributed by atoms with Crippen molar-refractivity contribution in [3.8, 4) is 5.75 Å². The van der Waals surface area contributed by atoms with Crippen molar-refractivity contribution in [2.24, 2.45) is 0 Å². The van der Waals surface area contributed by atoms with Crippen molar-refractivity contribution < 1.29 is 19.1 Å². The molecular weight excluding hydrogens is 324 g/mol. The van der Waals surface area contributed by atoms with Crippen molar-refractivity contribution >= 4 is 28.7 Å². The Hall–Kier alpha value is -3.03. The molecule has 2 aliphatic heterocycles. The third-order valence-electron chi connectivity index (χ3n) is 4.75. The number of hydrogen-bond donors (Lipinski definition) is 2. The maximum absolute atomic E-state index is 12.8. The van der Waals surface area contributed by atoms with Gasteiger partial charge in [-0.2, -0.15) is 0 Å². The molecule has 4 rings (SSSR count). The second kappa shape index (κ2) is 5.80. The van der Waals surface area contributed by atoms with Crippen LogP contribution < -0.4 is 10.1 Å². The predicted molar refractivity (Wildman–Crippen MR) is 89.4 cm³/mol. The maximum Gasteiger partial charge on any atom is 0.324 e. The zero-order chi connectivity index (χ0) is 17.6. The number of amides is 4. The van der Waals surface area contributed by atoms with E-state index in [0.29, 0.717) is 31.0 Å². The smallest absolute Gasteiger partial charge is 0.324 e. The lowest BCUT2D eigenvalue weighted by Crippen LogP contribution is -2.42. The number of nitrogens with zero attached hydrogens (tertiary/aromatic N) is 2. The fraction of sp³-hybridized carbons (Fsp3) is 0.353. The molecule has 2 saturated heterocycles. The van der Waals surface area contributed by atoms with Crippen LogP contribution in [0.2, 0.25) is 0 Å². The van der Waals surface area contributed by atoms with Gasteiger partial charge in [0, 0.05) is 30.1 Å². The van der Waals surface area contributed by atoms with Crippen LogP contribution in [0.15, 0.2) is 24.3 Å². The number of urea groups is 1. The number of likely N-dealkylation sites (tertiary alicyclic amines) is 1. The first kappa shape index (κ1) is 15.5. The van der Waals surface area contributed by atoms with Crippen molar-refractivity contribution in [3.63, 3.8) is 0 Å². The molecule has 1 aromatic heterocycles. The number of benzene rings is 1. The molecule has 0 aliphatic carbocycles. The Morgan fingerprint density at radius 1 is 1.28 bits per heavy atom. The van der Waals surface area contributed by atoms with E-state index in [0.717, 1.165) is 10.9 Å². The average Bonchev–Trinajstić information content (AvgIpc) is 3.32. The number of hydrogen-bond acceptors (Lipinski definition) is 4. The summed E-state index contributed by atoms with van der Waals surface area (Å²) in [6, 6.07) is 6.74. The number of H-pyrrole nitrogens is 1. The van der Waals surface area contributed by atoms with E-state index in [1.807, 2.05) is 18.2 Å². The number of nitrogens with one attached hydrogen (secondary N) is 2. The third-order valence-corrected chi connectivity index (χ3v) is 4.75. The Morgan fingerprint density at radius 3 is 2.84 bits per heavy atom. The van der Waals surface area contributed by atoms with Gasteiger partial charge in [0.2, 0.25) is 5.91 Å². The summed E-state index contributed by atoms with van der Waals surface area (Å²) in [6.07, 6.45) is 0.596. The normalized spacial score (nSPS) is 20.4. The van der Waals surface area contributed by atoms with Crippen LogP contribution in [-0.2, 0) is 4.79 Å². The lowest BCUT2D eigenvalue weighted by molar-refractivity contribution is -0.126. The highest BCUT2D eigenvalue weighted by Crippen LogP contribution is 2.24. The van der Waals surface area contributed by atoms with Gasteiger partial charge < -0.3 is 19.9 Å². The number of ether oxygens (including phenoxy) is 1. The largest absolute Gasteiger partial charge is 0.497 e. The number of carbonyl (C=O) groups is 3. The van der Waals surface area contributed by atoms with Crippen molar-refractivity contribution in [2.75, 3.05) is 26.7 Å². The molecule has 1 atom stereocenters. The Morgan fingerprint density at radius 2 is 2.12 bits per heavy atom. The zero-order valence-corrected chi connectivity index (χ0v) is 13.7. The van der Waals surface area contributed by atoms with Gasteiger partial charge in [-0.15, -0.1) is 0 Å². The van der Waals surface area contributed by atoms with Gasteiger partial charge in [0.05, 0.1) is 19.7 Å². The summed E-state index contributed by atoms with van der Waals surface area (Å²) in [5, 5.41) is 3.44. The van der Waals surface area contributed by atoms with Gasteiger partial charge in [-0.3, -0.25) is 14.5 Å². The number of imide groups is 1. The van der Waals surface area contributed by atoms with Crippen LogP contribution in [0.3, 0.4) is 0 Å². The standard InChI is InChI=1S/C17H18N4O4/c1-25-12-3-2-10-6-14(19-13(10)7-12)16(23)20-5-4-11(9-20)21-15(22)8-18-17(21)24/h2-3,6-7,11,19H,4-5,8-9H2,1H3,(H,18,24)/t11-/m1/s1. The van der Waals surface area contributed by atoms with E-state index in [9.17, 15) is 14.4 Å². The van der Waals surface area contributed by atoms with Crippen LogP contribution in [0.25, 0.3) is 10.9 Å². The van der Waals surface area contributed by atoms with Crippen molar-refractivity contribution in [3.05, 3.63) is 30.0 Å². The molecular formula is C17H18N4O4. The monoisotopic (exact) mass is 342 g/mol. The second-order valence-corrected chi connectivity index (χ2v) is 6.25. The second-order valence-electron chi connectivity index (χ2n) is 6.25. The number of fused-ring (bicyclic) bond motifs is 1. The molecule has 8 nitrogen and oxygen atoms in total. The summed E-state index contributed by atoms with van der Waals surface area (Å²) in [4.78, 5) is 42.4. The molecule has 0 saturated carbocycles. The molecule has 2 N–H and O–H groups in total. The number of aromatic amines is 1. The molecule has 130 valence electrons.